The van der Waals surface area contributed by atoms with Crippen LogP contribution < -0.4 is 16.4 Å². The number of para-hydroxylation sites is 1. The van der Waals surface area contributed by atoms with Crippen LogP contribution >= 0.6 is 12.4 Å². The number of alkyl halides is 3. The van der Waals surface area contributed by atoms with E-state index in [1.165, 1.54) is 6.07 Å². The quantitative estimate of drug-likeness (QED) is 0.659. The summed E-state index contributed by atoms with van der Waals surface area (Å²) in [6.45, 7) is 0.600. The van der Waals surface area contributed by atoms with Gasteiger partial charge >= 0.3 is 6.18 Å². The Morgan fingerprint density at radius 1 is 1.10 bits per heavy atom. The van der Waals surface area contributed by atoms with E-state index in [4.69, 9.17) is 5.73 Å². The molecule has 3 rings (SSSR count). The van der Waals surface area contributed by atoms with Crippen LogP contribution in [0.15, 0.2) is 48.5 Å². The molecule has 5 nitrogen and oxygen atoms in total. The van der Waals surface area contributed by atoms with Crippen LogP contribution in [-0.4, -0.2) is 24.9 Å². The van der Waals surface area contributed by atoms with Crippen LogP contribution in [0.4, 0.5) is 18.9 Å². The molecule has 0 radical (unpaired) electrons. The van der Waals surface area contributed by atoms with Crippen LogP contribution in [0.25, 0.3) is 0 Å². The van der Waals surface area contributed by atoms with Gasteiger partial charge in [0.25, 0.3) is 5.91 Å². The third kappa shape index (κ3) is 5.48. The van der Waals surface area contributed by atoms with Crippen molar-refractivity contribution in [1.29, 1.82) is 0 Å². The molecule has 0 spiro atoms. The van der Waals surface area contributed by atoms with E-state index in [1.807, 2.05) is 0 Å². The minimum atomic E-state index is -4.42. The number of rotatable bonds is 6. The van der Waals surface area contributed by atoms with Gasteiger partial charge in [0.1, 0.15) is 0 Å². The lowest BCUT2D eigenvalue weighted by Crippen LogP contribution is -2.30. The Labute approximate surface area is 172 Å². The summed E-state index contributed by atoms with van der Waals surface area (Å²) in [6, 6.07) is 11.6. The van der Waals surface area contributed by atoms with Gasteiger partial charge in [-0.15, -0.1) is 12.4 Å². The van der Waals surface area contributed by atoms with Crippen molar-refractivity contribution >= 4 is 29.9 Å². The second-order valence-electron chi connectivity index (χ2n) is 6.65. The van der Waals surface area contributed by atoms with E-state index < -0.39 is 17.7 Å². The van der Waals surface area contributed by atoms with E-state index in [0.717, 1.165) is 12.1 Å². The van der Waals surface area contributed by atoms with Crippen molar-refractivity contribution in [2.45, 2.75) is 18.5 Å². The van der Waals surface area contributed by atoms with E-state index in [0.29, 0.717) is 36.3 Å². The van der Waals surface area contributed by atoms with Gasteiger partial charge in [-0.05, 0) is 36.1 Å². The number of nitrogens with two attached hydrogens (primary N) is 1. The molecule has 1 saturated carbocycles. The second kappa shape index (κ2) is 9.28. The average Bonchev–Trinajstić information content (AvgIpc) is 3.47. The van der Waals surface area contributed by atoms with Crippen molar-refractivity contribution in [2.24, 2.45) is 11.7 Å². The zero-order chi connectivity index (χ0) is 20.3. The topological polar surface area (TPSA) is 84.2 Å². The van der Waals surface area contributed by atoms with E-state index >= 15 is 0 Å². The molecular weight excluding hydrogens is 407 g/mol. The molecule has 2 amide bonds. The van der Waals surface area contributed by atoms with E-state index in [9.17, 15) is 22.8 Å². The van der Waals surface area contributed by atoms with Crippen molar-refractivity contribution in [1.82, 2.24) is 5.32 Å². The molecule has 0 aromatic heterocycles. The van der Waals surface area contributed by atoms with E-state index in [1.54, 1.807) is 30.3 Å². The highest BCUT2D eigenvalue weighted by Crippen LogP contribution is 2.49. The van der Waals surface area contributed by atoms with Crippen LogP contribution in [0, 0.1) is 5.92 Å². The maximum atomic E-state index is 12.9. The van der Waals surface area contributed by atoms with E-state index in [-0.39, 0.29) is 30.1 Å². The molecule has 29 heavy (non-hydrogen) atoms. The van der Waals surface area contributed by atoms with Gasteiger partial charge in [-0.2, -0.15) is 13.2 Å². The molecule has 0 aliphatic heterocycles. The Hall–Kier alpha value is -2.58. The fourth-order valence-corrected chi connectivity index (χ4v) is 3.10. The Bertz CT molecular complexity index is 889. The fourth-order valence-electron chi connectivity index (χ4n) is 3.10. The van der Waals surface area contributed by atoms with Crippen LogP contribution in [0.2, 0.25) is 0 Å². The number of amides is 2. The highest BCUT2D eigenvalue weighted by molar-refractivity contribution is 6.04. The van der Waals surface area contributed by atoms with E-state index in [2.05, 4.69) is 10.6 Å². The summed E-state index contributed by atoms with van der Waals surface area (Å²) in [4.78, 5) is 24.7. The molecule has 2 aromatic carbocycles. The van der Waals surface area contributed by atoms with Crippen molar-refractivity contribution in [3.8, 4) is 0 Å². The first-order chi connectivity index (χ1) is 13.3. The maximum Gasteiger partial charge on any atom is 0.416 e. The molecule has 2 atom stereocenters. The minimum absolute atomic E-state index is 0. The van der Waals surface area contributed by atoms with Gasteiger partial charge in [0, 0.05) is 19.0 Å². The summed E-state index contributed by atoms with van der Waals surface area (Å²) >= 11 is 0. The lowest BCUT2D eigenvalue weighted by molar-refractivity contribution is -0.137. The van der Waals surface area contributed by atoms with Crippen molar-refractivity contribution in [2.75, 3.05) is 18.4 Å². The summed E-state index contributed by atoms with van der Waals surface area (Å²) in [5, 5.41) is 5.36. The SMILES string of the molecule is Cl.NCCNC(=O)c1ccccc1NC(=O)C1CC1c1cccc(C(F)(F)F)c1. The number of halogens is 4. The molecule has 0 heterocycles. The zero-order valence-electron chi connectivity index (χ0n) is 15.3. The van der Waals surface area contributed by atoms with Crippen molar-refractivity contribution in [3.05, 3.63) is 65.2 Å². The normalized spacial score (nSPS) is 17.8. The molecule has 2 aromatic rings. The molecule has 156 valence electrons. The summed E-state index contributed by atoms with van der Waals surface area (Å²) in [7, 11) is 0. The number of hydrogen-bond donors (Lipinski definition) is 3. The molecule has 0 bridgehead atoms. The number of nitrogens with one attached hydrogen (secondary N) is 2. The number of carbonyl (C=O) groups is 2. The summed E-state index contributed by atoms with van der Waals surface area (Å²) in [5.74, 6) is -1.36. The third-order valence-corrected chi connectivity index (χ3v) is 4.63. The summed E-state index contributed by atoms with van der Waals surface area (Å²) < 4.78 is 38.6. The fraction of sp³-hybridized carbons (Fsp3) is 0.300. The van der Waals surface area contributed by atoms with Crippen LogP contribution in [0.5, 0.6) is 0 Å². The Morgan fingerprint density at radius 2 is 1.83 bits per heavy atom. The molecule has 1 aliphatic carbocycles. The lowest BCUT2D eigenvalue weighted by atomic mass is 10.0. The van der Waals surface area contributed by atoms with Crippen molar-refractivity contribution in [3.63, 3.8) is 0 Å². The number of benzene rings is 2. The Balaban J connectivity index is 0.00000300. The Morgan fingerprint density at radius 3 is 2.52 bits per heavy atom. The highest BCUT2D eigenvalue weighted by Gasteiger charge is 2.45. The predicted octanol–water partition coefficient (Wildman–Crippen LogP) is 3.56. The lowest BCUT2D eigenvalue weighted by Gasteiger charge is -2.11. The first-order valence-electron chi connectivity index (χ1n) is 8.86. The molecule has 4 N–H and O–H groups in total. The molecule has 1 aliphatic rings. The van der Waals surface area contributed by atoms with Gasteiger partial charge in [0.05, 0.1) is 16.8 Å². The number of hydrogen-bond acceptors (Lipinski definition) is 3. The molecule has 1 fully saturated rings. The first-order valence-corrected chi connectivity index (χ1v) is 8.86. The molecule has 0 saturated heterocycles. The van der Waals surface area contributed by atoms with Gasteiger partial charge in [-0.25, -0.2) is 0 Å². The maximum absolute atomic E-state index is 12.9. The van der Waals surface area contributed by atoms with Crippen molar-refractivity contribution < 1.29 is 22.8 Å². The van der Waals surface area contributed by atoms with Crippen LogP contribution in [0.1, 0.15) is 33.8 Å². The smallest absolute Gasteiger partial charge is 0.351 e. The predicted molar refractivity (Wildman–Crippen MR) is 106 cm³/mol. The second-order valence-corrected chi connectivity index (χ2v) is 6.65. The molecular formula is C20H21ClF3N3O2. The number of carbonyl (C=O) groups excluding carboxylic acids is 2. The summed E-state index contributed by atoms with van der Waals surface area (Å²) in [6.07, 6.45) is -3.95. The third-order valence-electron chi connectivity index (χ3n) is 4.63. The highest BCUT2D eigenvalue weighted by atomic mass is 35.5. The molecule has 9 heteroatoms. The van der Waals surface area contributed by atoms with Gasteiger partial charge in [-0.3, -0.25) is 9.59 Å². The zero-order valence-corrected chi connectivity index (χ0v) is 16.1. The van der Waals surface area contributed by atoms with Gasteiger partial charge in [0.15, 0.2) is 0 Å². The molecule has 2 unspecified atom stereocenters. The standard InChI is InChI=1S/C20H20F3N3O2.ClH/c21-20(22,23)13-5-3-4-12(10-13)15-11-16(15)19(28)26-17-7-2-1-6-14(17)18(27)25-9-8-24;/h1-7,10,15-16H,8-9,11,24H2,(H,25,27)(H,26,28);1H. The van der Waals surface area contributed by atoms with Crippen LogP contribution in [-0.2, 0) is 11.0 Å². The van der Waals surface area contributed by atoms with Gasteiger partial charge in [-0.1, -0.05) is 30.3 Å². The monoisotopic (exact) mass is 427 g/mol. The van der Waals surface area contributed by atoms with Crippen LogP contribution in [0.3, 0.4) is 0 Å². The Kier molecular flexibility index (Phi) is 7.26. The van der Waals surface area contributed by atoms with Gasteiger partial charge < -0.3 is 16.4 Å². The average molecular weight is 428 g/mol. The van der Waals surface area contributed by atoms with Gasteiger partial charge in [0.2, 0.25) is 5.91 Å². The minimum Gasteiger partial charge on any atom is -0.351 e. The number of anilines is 1. The first kappa shape index (κ1) is 22.7. The largest absolute Gasteiger partial charge is 0.416 e. The summed E-state index contributed by atoms with van der Waals surface area (Å²) in [5.41, 5.74) is 5.80.